The Bertz CT molecular complexity index is 496. The van der Waals surface area contributed by atoms with Gasteiger partial charge in [-0.15, -0.1) is 0 Å². The van der Waals surface area contributed by atoms with Gasteiger partial charge in [0.25, 0.3) is 0 Å². The maximum Gasteiger partial charge on any atom is 0.319 e. The van der Waals surface area contributed by atoms with Gasteiger partial charge in [0.1, 0.15) is 12.4 Å². The molecule has 1 aromatic rings. The summed E-state index contributed by atoms with van der Waals surface area (Å²) in [6.07, 6.45) is 0.999. The van der Waals surface area contributed by atoms with E-state index >= 15 is 0 Å². The van der Waals surface area contributed by atoms with Gasteiger partial charge in [0.15, 0.2) is 0 Å². The molecular formula is C16H22N2O3. The smallest absolute Gasteiger partial charge is 0.319 e. The van der Waals surface area contributed by atoms with Crippen LogP contribution in [-0.4, -0.2) is 32.4 Å². The number of anilines is 1. The Kier molecular flexibility index (Phi) is 5.63. The van der Waals surface area contributed by atoms with Crippen molar-refractivity contribution in [1.82, 2.24) is 5.32 Å². The van der Waals surface area contributed by atoms with E-state index in [1.54, 1.807) is 0 Å². The topological polar surface area (TPSA) is 59.6 Å². The number of hydrogen-bond donors (Lipinski definition) is 2. The molecule has 1 atom stereocenters. The number of benzene rings is 1. The molecule has 0 unspecified atom stereocenters. The van der Waals surface area contributed by atoms with Crippen molar-refractivity contribution in [2.75, 3.05) is 31.7 Å². The average molecular weight is 290 g/mol. The van der Waals surface area contributed by atoms with E-state index in [2.05, 4.69) is 17.2 Å². The first-order valence-electron chi connectivity index (χ1n) is 7.14. The largest absolute Gasteiger partial charge is 0.487 e. The second kappa shape index (κ2) is 7.69. The first kappa shape index (κ1) is 15.4. The number of ether oxygens (including phenoxy) is 2. The van der Waals surface area contributed by atoms with Crippen molar-refractivity contribution in [2.45, 2.75) is 13.3 Å². The maximum atomic E-state index is 11.9. The molecule has 0 bridgehead atoms. The van der Waals surface area contributed by atoms with Crippen LogP contribution in [-0.2, 0) is 4.74 Å². The number of hydrogen-bond acceptors (Lipinski definition) is 3. The van der Waals surface area contributed by atoms with Gasteiger partial charge >= 0.3 is 6.03 Å². The molecule has 5 heteroatoms. The molecule has 1 aliphatic rings. The molecule has 0 saturated carbocycles. The highest BCUT2D eigenvalue weighted by atomic mass is 16.5. The van der Waals surface area contributed by atoms with Crippen LogP contribution in [0.25, 0.3) is 0 Å². The quantitative estimate of drug-likeness (QED) is 0.792. The van der Waals surface area contributed by atoms with Crippen molar-refractivity contribution in [1.29, 1.82) is 0 Å². The van der Waals surface area contributed by atoms with Gasteiger partial charge in [0.05, 0.1) is 12.3 Å². The molecule has 2 rings (SSSR count). The van der Waals surface area contributed by atoms with E-state index in [0.29, 0.717) is 30.5 Å². The molecule has 2 amide bonds. The van der Waals surface area contributed by atoms with E-state index in [-0.39, 0.29) is 6.03 Å². The number of carbonyl (C=O) groups excluding carboxylic acids is 1. The minimum atomic E-state index is -0.228. The first-order chi connectivity index (χ1) is 10.1. The Labute approximate surface area is 125 Å². The maximum absolute atomic E-state index is 11.9. The van der Waals surface area contributed by atoms with Crippen LogP contribution in [0.2, 0.25) is 0 Å². The summed E-state index contributed by atoms with van der Waals surface area (Å²) >= 11 is 0. The molecule has 1 saturated heterocycles. The summed E-state index contributed by atoms with van der Waals surface area (Å²) in [6.45, 7) is 8.25. The molecule has 1 heterocycles. The predicted molar refractivity (Wildman–Crippen MR) is 82.7 cm³/mol. The first-order valence-corrected chi connectivity index (χ1v) is 7.14. The van der Waals surface area contributed by atoms with Gasteiger partial charge < -0.3 is 20.1 Å². The molecule has 5 nitrogen and oxygen atoms in total. The Balaban J connectivity index is 1.85. The van der Waals surface area contributed by atoms with Crippen molar-refractivity contribution < 1.29 is 14.3 Å². The minimum absolute atomic E-state index is 0.228. The van der Waals surface area contributed by atoms with Crippen LogP contribution in [0.15, 0.2) is 36.4 Å². The van der Waals surface area contributed by atoms with E-state index in [1.807, 2.05) is 31.2 Å². The summed E-state index contributed by atoms with van der Waals surface area (Å²) in [4.78, 5) is 11.9. The fourth-order valence-electron chi connectivity index (χ4n) is 2.04. The molecule has 114 valence electrons. The van der Waals surface area contributed by atoms with Crippen molar-refractivity contribution in [2.24, 2.45) is 5.92 Å². The zero-order valence-electron chi connectivity index (χ0n) is 12.4. The zero-order valence-corrected chi connectivity index (χ0v) is 12.4. The van der Waals surface area contributed by atoms with Gasteiger partial charge in [-0.25, -0.2) is 4.79 Å². The number of rotatable bonds is 6. The van der Waals surface area contributed by atoms with Crippen LogP contribution in [0.5, 0.6) is 5.75 Å². The van der Waals surface area contributed by atoms with Crippen molar-refractivity contribution in [3.8, 4) is 5.75 Å². The van der Waals surface area contributed by atoms with Crippen LogP contribution in [0.1, 0.15) is 13.3 Å². The number of para-hydroxylation sites is 2. The molecule has 1 aromatic carbocycles. The second-order valence-corrected chi connectivity index (χ2v) is 5.31. The summed E-state index contributed by atoms with van der Waals surface area (Å²) in [7, 11) is 0. The van der Waals surface area contributed by atoms with E-state index in [1.165, 1.54) is 0 Å². The lowest BCUT2D eigenvalue weighted by molar-refractivity contribution is 0.185. The molecule has 1 fully saturated rings. The third kappa shape index (κ3) is 5.11. The van der Waals surface area contributed by atoms with Gasteiger partial charge in [-0.05, 0) is 31.1 Å². The predicted octanol–water partition coefficient (Wildman–Crippen LogP) is 2.80. The molecule has 0 radical (unpaired) electrons. The Morgan fingerprint density at radius 1 is 1.48 bits per heavy atom. The normalized spacial score (nSPS) is 17.3. The number of amides is 2. The summed E-state index contributed by atoms with van der Waals surface area (Å²) in [6, 6.07) is 7.13. The number of urea groups is 1. The lowest BCUT2D eigenvalue weighted by Crippen LogP contribution is -2.33. The summed E-state index contributed by atoms with van der Waals surface area (Å²) in [5, 5.41) is 5.67. The van der Waals surface area contributed by atoms with Crippen molar-refractivity contribution in [3.05, 3.63) is 36.4 Å². The van der Waals surface area contributed by atoms with E-state index in [4.69, 9.17) is 9.47 Å². The van der Waals surface area contributed by atoms with Crippen molar-refractivity contribution in [3.63, 3.8) is 0 Å². The third-order valence-electron chi connectivity index (χ3n) is 3.18. The monoisotopic (exact) mass is 290 g/mol. The fourth-order valence-corrected chi connectivity index (χ4v) is 2.04. The van der Waals surface area contributed by atoms with E-state index < -0.39 is 0 Å². The summed E-state index contributed by atoms with van der Waals surface area (Å²) < 4.78 is 10.9. The molecular weight excluding hydrogens is 268 g/mol. The summed E-state index contributed by atoms with van der Waals surface area (Å²) in [5.41, 5.74) is 1.58. The van der Waals surface area contributed by atoms with Gasteiger partial charge in [-0.2, -0.15) is 0 Å². The lowest BCUT2D eigenvalue weighted by atomic mass is 10.1. The van der Waals surface area contributed by atoms with Gasteiger partial charge in [-0.1, -0.05) is 18.7 Å². The van der Waals surface area contributed by atoms with Gasteiger partial charge in [0.2, 0.25) is 0 Å². The molecule has 0 aromatic heterocycles. The SMILES string of the molecule is C=C(C)COc1ccccc1NC(=O)NC[C@@H]1CCOC1. The molecule has 21 heavy (non-hydrogen) atoms. The Morgan fingerprint density at radius 2 is 2.29 bits per heavy atom. The Hall–Kier alpha value is -2.01. The highest BCUT2D eigenvalue weighted by molar-refractivity contribution is 5.90. The molecule has 0 aliphatic carbocycles. The van der Waals surface area contributed by atoms with E-state index in [9.17, 15) is 4.79 Å². The van der Waals surface area contributed by atoms with Crippen LogP contribution in [0, 0.1) is 5.92 Å². The number of nitrogens with one attached hydrogen (secondary N) is 2. The van der Waals surface area contributed by atoms with E-state index in [0.717, 1.165) is 25.2 Å². The standard InChI is InChI=1S/C16H22N2O3/c1-12(2)10-21-15-6-4-3-5-14(15)18-16(19)17-9-13-7-8-20-11-13/h3-6,13H,1,7-11H2,2H3,(H2,17,18,19)/t13-/m0/s1. The Morgan fingerprint density at radius 3 is 3.00 bits per heavy atom. The zero-order chi connectivity index (χ0) is 15.1. The summed E-state index contributed by atoms with van der Waals surface area (Å²) in [5.74, 6) is 1.05. The average Bonchev–Trinajstić information content (AvgIpc) is 2.97. The molecule has 1 aliphatic heterocycles. The number of carbonyl (C=O) groups is 1. The molecule has 2 N–H and O–H groups in total. The third-order valence-corrected chi connectivity index (χ3v) is 3.18. The highest BCUT2D eigenvalue weighted by Crippen LogP contribution is 2.24. The lowest BCUT2D eigenvalue weighted by Gasteiger charge is -2.14. The van der Waals surface area contributed by atoms with Crippen LogP contribution >= 0.6 is 0 Å². The highest BCUT2D eigenvalue weighted by Gasteiger charge is 2.16. The van der Waals surface area contributed by atoms with Gasteiger partial charge in [-0.3, -0.25) is 0 Å². The minimum Gasteiger partial charge on any atom is -0.487 e. The fraction of sp³-hybridized carbons (Fsp3) is 0.438. The molecule has 0 spiro atoms. The van der Waals surface area contributed by atoms with Crippen LogP contribution < -0.4 is 15.4 Å². The van der Waals surface area contributed by atoms with Gasteiger partial charge in [0, 0.05) is 19.1 Å². The second-order valence-electron chi connectivity index (χ2n) is 5.31. The van der Waals surface area contributed by atoms with Crippen molar-refractivity contribution >= 4 is 11.7 Å². The van der Waals surface area contributed by atoms with Crippen LogP contribution in [0.4, 0.5) is 10.5 Å². The van der Waals surface area contributed by atoms with Crippen LogP contribution in [0.3, 0.4) is 0 Å².